The number of methoxy groups -OCH3 is 1. The third kappa shape index (κ3) is 3.62. The predicted molar refractivity (Wildman–Crippen MR) is 67.5 cm³/mol. The van der Waals surface area contributed by atoms with E-state index in [4.69, 9.17) is 21.0 Å². The average Bonchev–Trinajstić information content (AvgIpc) is 2.46. The van der Waals surface area contributed by atoms with E-state index in [-0.39, 0.29) is 5.69 Å². The molecule has 0 saturated carbocycles. The van der Waals surface area contributed by atoms with Crippen LogP contribution in [-0.2, 0) is 0 Å². The number of nitrogens with one attached hydrogen (secondary N) is 2. The monoisotopic (exact) mass is 275 g/mol. The lowest BCUT2D eigenvalue weighted by Gasteiger charge is -2.09. The number of anilines is 1. The molecule has 1 rings (SSSR count). The molecule has 0 aromatic heterocycles. The number of allylic oxidation sites excluding steroid dienone is 2. The van der Waals surface area contributed by atoms with Gasteiger partial charge in [-0.05, 0) is 12.1 Å². The van der Waals surface area contributed by atoms with Crippen molar-refractivity contribution in [3.05, 3.63) is 35.4 Å². The zero-order chi connectivity index (χ0) is 15.1. The number of benzene rings is 1. The van der Waals surface area contributed by atoms with E-state index in [1.807, 2.05) is 5.32 Å². The molecule has 102 valence electrons. The van der Waals surface area contributed by atoms with Gasteiger partial charge >= 0.3 is 6.03 Å². The minimum Gasteiger partial charge on any atom is -0.497 e. The SMILES string of the molecule is COc1ccc(F)c(NC(=O)N/C(C#N)=C(\N)C#N)c1. The van der Waals surface area contributed by atoms with Crippen LogP contribution in [0.3, 0.4) is 0 Å². The first-order chi connectivity index (χ1) is 9.51. The van der Waals surface area contributed by atoms with Crippen molar-refractivity contribution in [1.82, 2.24) is 5.32 Å². The number of hydrogen-bond acceptors (Lipinski definition) is 5. The Hall–Kier alpha value is -3.26. The van der Waals surface area contributed by atoms with Crippen molar-refractivity contribution in [3.8, 4) is 17.9 Å². The van der Waals surface area contributed by atoms with E-state index in [0.29, 0.717) is 5.75 Å². The highest BCUT2D eigenvalue weighted by atomic mass is 19.1. The summed E-state index contributed by atoms with van der Waals surface area (Å²) in [6, 6.07) is 5.91. The Morgan fingerprint density at radius 2 is 2.10 bits per heavy atom. The van der Waals surface area contributed by atoms with Crippen LogP contribution in [0, 0.1) is 28.5 Å². The smallest absolute Gasteiger partial charge is 0.324 e. The largest absolute Gasteiger partial charge is 0.497 e. The molecule has 0 spiro atoms. The highest BCUT2D eigenvalue weighted by Crippen LogP contribution is 2.20. The molecule has 1 aromatic rings. The van der Waals surface area contributed by atoms with Crippen molar-refractivity contribution in [2.75, 3.05) is 12.4 Å². The number of carbonyl (C=O) groups is 1. The van der Waals surface area contributed by atoms with Crippen LogP contribution in [0.4, 0.5) is 14.9 Å². The Bertz CT molecular complexity index is 642. The van der Waals surface area contributed by atoms with E-state index < -0.39 is 23.2 Å². The second kappa shape index (κ2) is 6.61. The minimum absolute atomic E-state index is 0.144. The first-order valence-corrected chi connectivity index (χ1v) is 5.23. The lowest BCUT2D eigenvalue weighted by molar-refractivity contribution is 0.254. The molecule has 0 aliphatic heterocycles. The lowest BCUT2D eigenvalue weighted by Crippen LogP contribution is -2.29. The van der Waals surface area contributed by atoms with Crippen LogP contribution in [0.1, 0.15) is 0 Å². The van der Waals surface area contributed by atoms with Gasteiger partial charge in [-0.3, -0.25) is 5.32 Å². The molecule has 0 radical (unpaired) electrons. The van der Waals surface area contributed by atoms with E-state index in [1.165, 1.54) is 25.3 Å². The summed E-state index contributed by atoms with van der Waals surface area (Å²) in [7, 11) is 1.39. The van der Waals surface area contributed by atoms with Gasteiger partial charge < -0.3 is 15.8 Å². The Balaban J connectivity index is 2.88. The van der Waals surface area contributed by atoms with Gasteiger partial charge in [0, 0.05) is 6.07 Å². The van der Waals surface area contributed by atoms with Gasteiger partial charge in [0.15, 0.2) is 5.70 Å². The molecule has 0 unspecified atom stereocenters. The summed E-state index contributed by atoms with van der Waals surface area (Å²) < 4.78 is 18.3. The Morgan fingerprint density at radius 1 is 1.40 bits per heavy atom. The number of nitrogens with two attached hydrogens (primary N) is 1. The van der Waals surface area contributed by atoms with E-state index >= 15 is 0 Å². The van der Waals surface area contributed by atoms with Crippen LogP contribution in [-0.4, -0.2) is 13.1 Å². The summed E-state index contributed by atoms with van der Waals surface area (Å²) in [6.45, 7) is 0. The van der Waals surface area contributed by atoms with Crippen molar-refractivity contribution < 1.29 is 13.9 Å². The van der Waals surface area contributed by atoms with Gasteiger partial charge in [-0.15, -0.1) is 0 Å². The standard InChI is InChI=1S/C12H10FN5O2/c1-20-7-2-3-8(13)10(4-7)17-12(19)18-11(6-15)9(16)5-14/h2-4H,16H2,1H3,(H2,17,18,19)/b11-9-. The number of carbonyl (C=O) groups excluding carboxylic acids is 1. The first-order valence-electron chi connectivity index (χ1n) is 5.23. The number of rotatable bonds is 3. The number of ether oxygens (including phenoxy) is 1. The van der Waals surface area contributed by atoms with Gasteiger partial charge in [-0.2, -0.15) is 10.5 Å². The molecule has 1 aromatic carbocycles. The minimum atomic E-state index is -0.910. The third-order valence-corrected chi connectivity index (χ3v) is 2.16. The van der Waals surface area contributed by atoms with Gasteiger partial charge in [-0.25, -0.2) is 9.18 Å². The maximum Gasteiger partial charge on any atom is 0.324 e. The van der Waals surface area contributed by atoms with E-state index in [9.17, 15) is 9.18 Å². The van der Waals surface area contributed by atoms with Gasteiger partial charge in [0.2, 0.25) is 0 Å². The number of halogens is 1. The molecular formula is C12H10FN5O2. The van der Waals surface area contributed by atoms with Gasteiger partial charge in [0.25, 0.3) is 0 Å². The molecule has 8 heteroatoms. The van der Waals surface area contributed by atoms with Crippen LogP contribution < -0.4 is 21.1 Å². The summed E-state index contributed by atoms with van der Waals surface area (Å²) in [5.41, 5.74) is 4.19. The van der Waals surface area contributed by atoms with Crippen LogP contribution in [0.2, 0.25) is 0 Å². The number of urea groups is 1. The average molecular weight is 275 g/mol. The summed E-state index contributed by atoms with van der Waals surface area (Å²) in [5.74, 6) is -0.342. The molecule has 0 fully saturated rings. The van der Waals surface area contributed by atoms with Crippen molar-refractivity contribution in [2.45, 2.75) is 0 Å². The predicted octanol–water partition coefficient (Wildman–Crippen LogP) is 1.17. The van der Waals surface area contributed by atoms with E-state index in [0.717, 1.165) is 6.07 Å². The highest BCUT2D eigenvalue weighted by Gasteiger charge is 2.11. The molecule has 7 nitrogen and oxygen atoms in total. The maximum atomic E-state index is 13.5. The number of nitrogens with zero attached hydrogens (tertiary/aromatic N) is 2. The van der Waals surface area contributed by atoms with Crippen molar-refractivity contribution in [3.63, 3.8) is 0 Å². The quantitative estimate of drug-likeness (QED) is 0.714. The third-order valence-electron chi connectivity index (χ3n) is 2.16. The van der Waals surface area contributed by atoms with Crippen molar-refractivity contribution in [2.24, 2.45) is 5.73 Å². The fourth-order valence-corrected chi connectivity index (χ4v) is 1.21. The second-order valence-corrected chi connectivity index (χ2v) is 3.44. The van der Waals surface area contributed by atoms with Crippen molar-refractivity contribution in [1.29, 1.82) is 10.5 Å². The summed E-state index contributed by atoms with van der Waals surface area (Å²) in [5, 5.41) is 21.4. The van der Waals surface area contributed by atoms with Gasteiger partial charge in [0.05, 0.1) is 12.8 Å². The summed E-state index contributed by atoms with van der Waals surface area (Å²) in [4.78, 5) is 11.6. The fourth-order valence-electron chi connectivity index (χ4n) is 1.21. The molecule has 20 heavy (non-hydrogen) atoms. The zero-order valence-corrected chi connectivity index (χ0v) is 10.4. The van der Waals surface area contributed by atoms with Gasteiger partial charge in [0.1, 0.15) is 29.4 Å². The molecule has 2 amide bonds. The summed E-state index contributed by atoms with van der Waals surface area (Å²) in [6.07, 6.45) is 0. The van der Waals surface area contributed by atoms with Crippen LogP contribution in [0.15, 0.2) is 29.6 Å². The molecule has 4 N–H and O–H groups in total. The van der Waals surface area contributed by atoms with Crippen LogP contribution >= 0.6 is 0 Å². The van der Waals surface area contributed by atoms with E-state index in [2.05, 4.69) is 5.32 Å². The molecule has 0 saturated heterocycles. The van der Waals surface area contributed by atoms with E-state index in [1.54, 1.807) is 6.07 Å². The number of hydrogen-bond donors (Lipinski definition) is 3. The number of nitriles is 2. The molecule has 0 bridgehead atoms. The number of amides is 2. The first kappa shape index (κ1) is 14.8. The molecule has 0 atom stereocenters. The van der Waals surface area contributed by atoms with Gasteiger partial charge in [-0.1, -0.05) is 0 Å². The Labute approximate surface area is 114 Å². The molecule has 0 aliphatic carbocycles. The Morgan fingerprint density at radius 3 is 2.65 bits per heavy atom. The molecule has 0 aliphatic rings. The maximum absolute atomic E-state index is 13.5. The van der Waals surface area contributed by atoms with Crippen LogP contribution in [0.5, 0.6) is 5.75 Å². The lowest BCUT2D eigenvalue weighted by atomic mass is 10.3. The fraction of sp³-hybridized carbons (Fsp3) is 0.0833. The molecular weight excluding hydrogens is 265 g/mol. The van der Waals surface area contributed by atoms with Crippen molar-refractivity contribution >= 4 is 11.7 Å². The highest BCUT2D eigenvalue weighted by molar-refractivity contribution is 5.91. The summed E-state index contributed by atoms with van der Waals surface area (Å²) >= 11 is 0. The van der Waals surface area contributed by atoms with Crippen LogP contribution in [0.25, 0.3) is 0 Å². The molecule has 0 heterocycles. The normalized spacial score (nSPS) is 10.6. The Kier molecular flexibility index (Phi) is 4.89. The zero-order valence-electron chi connectivity index (χ0n) is 10.4. The topological polar surface area (TPSA) is 124 Å². The second-order valence-electron chi connectivity index (χ2n) is 3.44.